The number of fused-ring (bicyclic) bond motifs is 5. The van der Waals surface area contributed by atoms with Gasteiger partial charge in [-0.2, -0.15) is 0 Å². The van der Waals surface area contributed by atoms with Crippen molar-refractivity contribution in [1.29, 1.82) is 0 Å². The minimum absolute atomic E-state index is 0.0187. The van der Waals surface area contributed by atoms with Crippen LogP contribution in [0.25, 0.3) is 0 Å². The van der Waals surface area contributed by atoms with Gasteiger partial charge in [0.15, 0.2) is 25.8 Å². The molecule has 0 radical (unpaired) electrons. The summed E-state index contributed by atoms with van der Waals surface area (Å²) >= 11 is 0. The normalized spacial score (nSPS) is 27.6. The highest BCUT2D eigenvalue weighted by Gasteiger charge is 2.78. The summed E-state index contributed by atoms with van der Waals surface area (Å²) in [5, 5.41) is 29.0. The smallest absolute Gasteiger partial charge is 0.338 e. The zero-order valence-corrected chi connectivity index (χ0v) is 46.9. The molecule has 2 bridgehead atoms. The van der Waals surface area contributed by atoms with Gasteiger partial charge >= 0.3 is 29.8 Å². The fourth-order valence-electron chi connectivity index (χ4n) is 12.4. The number of hydrogen-bond donors (Lipinski definition) is 3. The third-order valence-corrected chi connectivity index (χ3v) is 19.0. The van der Waals surface area contributed by atoms with E-state index in [1.807, 2.05) is 43.4 Å². The van der Waals surface area contributed by atoms with Crippen LogP contribution in [0.2, 0.25) is 19.1 Å². The highest BCUT2D eigenvalue weighted by Crippen LogP contribution is 2.65. The first-order valence-electron chi connectivity index (χ1n) is 26.9. The van der Waals surface area contributed by atoms with E-state index in [0.717, 1.165) is 12.5 Å². The van der Waals surface area contributed by atoms with Gasteiger partial charge in [0.2, 0.25) is 5.78 Å². The predicted molar refractivity (Wildman–Crippen MR) is 289 cm³/mol. The number of Topliss-reactive ketones (excluding diaryl/α,β-unsaturated/α-hetero) is 1. The summed E-state index contributed by atoms with van der Waals surface area (Å²) in [4.78, 5) is 99.4. The van der Waals surface area contributed by atoms with Gasteiger partial charge in [0.1, 0.15) is 30.5 Å². The number of nitrogens with one attached hydrogen (secondary N) is 1. The molecule has 79 heavy (non-hydrogen) atoms. The van der Waals surface area contributed by atoms with E-state index in [1.54, 1.807) is 107 Å². The van der Waals surface area contributed by atoms with Crippen molar-refractivity contribution in [1.82, 2.24) is 5.32 Å². The molecule has 3 N–H and O–H groups in total. The molecular formula is C61H71NO16Si. The quantitative estimate of drug-likeness (QED) is 0.0348. The lowest BCUT2D eigenvalue weighted by atomic mass is 9.45. The number of allylic oxidation sites excluding steroid dienone is 1. The maximum Gasteiger partial charge on any atom is 0.338 e. The monoisotopic (exact) mass is 1100 g/mol. The number of hydrogen-bond acceptors (Lipinski definition) is 16. The Kier molecular flexibility index (Phi) is 17.3. The molecule has 420 valence electrons. The van der Waals surface area contributed by atoms with Crippen molar-refractivity contribution in [2.45, 2.75) is 147 Å². The van der Waals surface area contributed by atoms with Crippen LogP contribution in [-0.2, 0) is 63.4 Å². The second-order valence-electron chi connectivity index (χ2n) is 22.6. The van der Waals surface area contributed by atoms with Crippen LogP contribution in [-0.4, -0.2) is 108 Å². The van der Waals surface area contributed by atoms with Crippen LogP contribution in [0.1, 0.15) is 112 Å². The van der Waals surface area contributed by atoms with Gasteiger partial charge in [-0.3, -0.25) is 24.0 Å². The average molecular weight is 1100 g/mol. The number of carbonyl (C=O) groups excluding carboxylic acids is 7. The van der Waals surface area contributed by atoms with E-state index in [2.05, 4.69) is 5.32 Å². The van der Waals surface area contributed by atoms with Crippen molar-refractivity contribution in [2.24, 2.45) is 22.7 Å². The minimum Gasteiger partial charge on any atom is -0.461 e. The van der Waals surface area contributed by atoms with Crippen molar-refractivity contribution in [3.05, 3.63) is 155 Å². The number of carbonyl (C=O) groups is 7. The Labute approximate surface area is 461 Å². The number of amides is 1. The highest BCUT2D eigenvalue weighted by atomic mass is 28.4. The largest absolute Gasteiger partial charge is 0.461 e. The van der Waals surface area contributed by atoms with Gasteiger partial charge in [-0.05, 0) is 73.4 Å². The number of benzene rings is 4. The van der Waals surface area contributed by atoms with Crippen LogP contribution in [0.15, 0.2) is 133 Å². The summed E-state index contributed by atoms with van der Waals surface area (Å²) in [6, 6.07) is 33.1. The molecule has 3 fully saturated rings. The van der Waals surface area contributed by atoms with E-state index in [0.29, 0.717) is 24.4 Å². The van der Waals surface area contributed by atoms with Gasteiger partial charge in [-0.25, -0.2) is 9.59 Å². The van der Waals surface area contributed by atoms with Crippen LogP contribution in [0.4, 0.5) is 0 Å². The molecule has 18 heteroatoms. The Morgan fingerprint density at radius 3 is 1.97 bits per heavy atom. The molecule has 0 spiro atoms. The molecule has 2 saturated carbocycles. The van der Waals surface area contributed by atoms with Gasteiger partial charge in [-0.15, -0.1) is 0 Å². The highest BCUT2D eigenvalue weighted by molar-refractivity contribution is 6.71. The molecule has 1 amide bonds. The Balaban J connectivity index is 1.22. The second kappa shape index (κ2) is 23.5. The maximum atomic E-state index is 16.5. The lowest BCUT2D eigenvalue weighted by molar-refractivity contribution is -0.344. The van der Waals surface area contributed by atoms with Crippen LogP contribution in [0.3, 0.4) is 0 Å². The topological polar surface area (TPSA) is 237 Å². The Morgan fingerprint density at radius 2 is 1.39 bits per heavy atom. The van der Waals surface area contributed by atoms with Crippen molar-refractivity contribution in [3.8, 4) is 0 Å². The molecule has 0 aromatic heterocycles. The van der Waals surface area contributed by atoms with Crippen molar-refractivity contribution < 1.29 is 76.6 Å². The summed E-state index contributed by atoms with van der Waals surface area (Å²) in [5.41, 5.74) is -6.24. The fourth-order valence-corrected chi connectivity index (χ4v) is 14.7. The molecule has 17 nitrogen and oxygen atoms in total. The summed E-state index contributed by atoms with van der Waals surface area (Å²) in [6.45, 7) is 12.5. The lowest BCUT2D eigenvalue weighted by Crippen LogP contribution is -2.81. The number of unbranched alkanes of at least 4 members (excludes halogenated alkanes) is 1. The summed E-state index contributed by atoms with van der Waals surface area (Å²) in [7, 11) is -2.92. The van der Waals surface area contributed by atoms with Crippen LogP contribution >= 0.6 is 0 Å². The van der Waals surface area contributed by atoms with Gasteiger partial charge in [0.05, 0.1) is 35.6 Å². The average Bonchev–Trinajstić information content (AvgIpc) is 3.12. The number of aliphatic hydroxyl groups is 2. The number of rotatable bonds is 19. The minimum atomic E-state index is -2.92. The molecule has 8 rings (SSSR count). The molecular weight excluding hydrogens is 1030 g/mol. The third kappa shape index (κ3) is 11.8. The molecule has 1 aliphatic heterocycles. The van der Waals surface area contributed by atoms with E-state index >= 15 is 4.79 Å². The first-order chi connectivity index (χ1) is 37.4. The standard InChI is InChI=1S/C61H71NO16Si/c1-37-44(75-57(70)50(66)49(41-25-15-10-16-26-41)62-55(68)42-27-17-11-18-28-42)34-61(71)54(76-56(69)43-29-19-12-20-30-43)52-59(6,53(67)51(74-38(2)63)48(37)58(61,4)5)45(33-46-60(52,36-73-46)77-39(3)64)78-79(7,8)32-22-21-31-47(65)72-35-40-23-13-9-14-24-40/h9-20,23-30,37,44-46,49-50,52,54,66,71H,21-22,31-36H2,1-8H3,(H,62,68). The second-order valence-corrected chi connectivity index (χ2v) is 26.9. The van der Waals surface area contributed by atoms with E-state index in [4.69, 9.17) is 32.8 Å². The zero-order valence-electron chi connectivity index (χ0n) is 45.9. The summed E-state index contributed by atoms with van der Waals surface area (Å²) < 4.78 is 44.5. The van der Waals surface area contributed by atoms with E-state index < -0.39 is 126 Å². The number of ether oxygens (including phenoxy) is 6. The molecule has 11 unspecified atom stereocenters. The third-order valence-electron chi connectivity index (χ3n) is 16.6. The van der Waals surface area contributed by atoms with Gasteiger partial charge in [0.25, 0.3) is 5.91 Å². The molecule has 4 aromatic carbocycles. The van der Waals surface area contributed by atoms with Gasteiger partial charge in [0, 0.05) is 50.0 Å². The molecule has 4 aromatic rings. The van der Waals surface area contributed by atoms with Crippen molar-refractivity contribution >= 4 is 49.9 Å². The first-order valence-corrected chi connectivity index (χ1v) is 30.0. The molecule has 1 saturated heterocycles. The molecule has 11 atom stereocenters. The van der Waals surface area contributed by atoms with E-state index in [1.165, 1.54) is 19.1 Å². The van der Waals surface area contributed by atoms with Gasteiger partial charge < -0.3 is 48.4 Å². The van der Waals surface area contributed by atoms with Crippen LogP contribution in [0, 0.1) is 22.7 Å². The van der Waals surface area contributed by atoms with Crippen molar-refractivity contribution in [3.63, 3.8) is 0 Å². The van der Waals surface area contributed by atoms with Crippen LogP contribution < -0.4 is 5.32 Å². The Bertz CT molecular complexity index is 2930. The zero-order chi connectivity index (χ0) is 57.1. The molecule has 3 aliphatic carbocycles. The fraction of sp³-hybridized carbons (Fsp3) is 0.459. The molecule has 4 aliphatic rings. The lowest BCUT2D eigenvalue weighted by Gasteiger charge is -2.68. The van der Waals surface area contributed by atoms with E-state index in [-0.39, 0.29) is 48.7 Å². The van der Waals surface area contributed by atoms with Gasteiger partial charge in [-0.1, -0.05) is 124 Å². The SMILES string of the molecule is CC(=O)OC1=C2C(C)C(OC(=O)C(O)C(NC(=O)c3ccccc3)c3ccccc3)CC(O)(C(OC(=O)c3ccccc3)C3C4(OC(C)=O)COC4CC(O[Si](C)(C)CCCCC(=O)OCc4ccccc4)C3(C)C1=O)C2(C)C. The van der Waals surface area contributed by atoms with E-state index in [9.17, 15) is 39.0 Å². The summed E-state index contributed by atoms with van der Waals surface area (Å²) in [5.74, 6) is -8.57. The van der Waals surface area contributed by atoms with Crippen LogP contribution in [0.5, 0.6) is 0 Å². The maximum absolute atomic E-state index is 16.5. The first kappa shape index (κ1) is 58.3. The van der Waals surface area contributed by atoms with Crippen molar-refractivity contribution in [2.75, 3.05) is 6.61 Å². The number of ketones is 1. The molecule has 1 heterocycles. The predicted octanol–water partition coefficient (Wildman–Crippen LogP) is 8.08. The number of aliphatic hydroxyl groups excluding tert-OH is 1. The Morgan fingerprint density at radius 1 is 0.797 bits per heavy atom. The Hall–Kier alpha value is -6.83. The number of esters is 5. The summed E-state index contributed by atoms with van der Waals surface area (Å²) in [6.07, 6.45) is -6.75.